The average molecular weight is 217 g/mol. The second kappa shape index (κ2) is 5.38. The van der Waals surface area contributed by atoms with Crippen LogP contribution in [0, 0.1) is 5.41 Å². The van der Waals surface area contributed by atoms with Crippen molar-refractivity contribution < 1.29 is 5.11 Å². The lowest BCUT2D eigenvalue weighted by molar-refractivity contribution is 0.214. The van der Waals surface area contributed by atoms with Crippen molar-refractivity contribution in [2.75, 3.05) is 18.1 Å². The summed E-state index contributed by atoms with van der Waals surface area (Å²) in [5, 5.41) is 12.7. The van der Waals surface area contributed by atoms with Crippen molar-refractivity contribution >= 4 is 11.8 Å². The van der Waals surface area contributed by atoms with Crippen molar-refractivity contribution in [3.8, 4) is 0 Å². The number of rotatable bonds is 4. The van der Waals surface area contributed by atoms with Gasteiger partial charge < -0.3 is 10.4 Å². The molecule has 0 radical (unpaired) electrons. The number of hydrogen-bond donors (Lipinski definition) is 2. The highest BCUT2D eigenvalue weighted by Gasteiger charge is 2.29. The van der Waals surface area contributed by atoms with Gasteiger partial charge in [0.25, 0.3) is 0 Å². The third-order valence-electron chi connectivity index (χ3n) is 2.80. The molecule has 1 fully saturated rings. The maximum atomic E-state index is 9.12. The minimum Gasteiger partial charge on any atom is -0.395 e. The molecule has 0 spiro atoms. The van der Waals surface area contributed by atoms with Crippen LogP contribution >= 0.6 is 11.8 Å². The van der Waals surface area contributed by atoms with E-state index in [1.54, 1.807) is 0 Å². The fourth-order valence-electron chi connectivity index (χ4n) is 2.00. The number of aliphatic hydroxyl groups is 1. The summed E-state index contributed by atoms with van der Waals surface area (Å²) >= 11 is 2.03. The van der Waals surface area contributed by atoms with Gasteiger partial charge in [-0.1, -0.05) is 20.8 Å². The first-order valence-electron chi connectivity index (χ1n) is 5.52. The lowest BCUT2D eigenvalue weighted by atomic mass is 9.87. The fourth-order valence-corrected chi connectivity index (χ4v) is 3.29. The molecule has 1 rings (SSSR count). The van der Waals surface area contributed by atoms with E-state index in [4.69, 9.17) is 5.11 Å². The maximum absolute atomic E-state index is 9.12. The Kier molecular flexibility index (Phi) is 4.74. The van der Waals surface area contributed by atoms with E-state index in [1.807, 2.05) is 11.8 Å². The Morgan fingerprint density at radius 1 is 1.57 bits per heavy atom. The molecule has 2 N–H and O–H groups in total. The van der Waals surface area contributed by atoms with Gasteiger partial charge in [0, 0.05) is 17.8 Å². The Morgan fingerprint density at radius 3 is 2.79 bits per heavy atom. The molecule has 2 atom stereocenters. The zero-order valence-electron chi connectivity index (χ0n) is 9.55. The van der Waals surface area contributed by atoms with Crippen LogP contribution in [0.15, 0.2) is 0 Å². The second-order valence-electron chi connectivity index (χ2n) is 5.03. The van der Waals surface area contributed by atoms with E-state index in [2.05, 4.69) is 26.1 Å². The van der Waals surface area contributed by atoms with Gasteiger partial charge in [0.1, 0.15) is 0 Å². The van der Waals surface area contributed by atoms with E-state index in [-0.39, 0.29) is 12.6 Å². The summed E-state index contributed by atoms with van der Waals surface area (Å²) in [6.45, 7) is 7.04. The largest absolute Gasteiger partial charge is 0.395 e. The second-order valence-corrected chi connectivity index (χ2v) is 6.07. The van der Waals surface area contributed by atoms with Gasteiger partial charge in [-0.15, -0.1) is 0 Å². The number of nitrogens with one attached hydrogen (secondary N) is 1. The minimum absolute atomic E-state index is 0.262. The molecule has 0 amide bonds. The lowest BCUT2D eigenvalue weighted by Crippen LogP contribution is -2.46. The van der Waals surface area contributed by atoms with E-state index >= 15 is 0 Å². The van der Waals surface area contributed by atoms with Crippen LogP contribution in [0.5, 0.6) is 0 Å². The van der Waals surface area contributed by atoms with Crippen molar-refractivity contribution in [1.82, 2.24) is 5.32 Å². The molecule has 1 saturated heterocycles. The summed E-state index contributed by atoms with van der Waals surface area (Å²) in [6, 6.07) is 0.871. The molecule has 3 heteroatoms. The summed E-state index contributed by atoms with van der Waals surface area (Å²) < 4.78 is 0. The Hall–Kier alpha value is 0.270. The first-order chi connectivity index (χ1) is 6.57. The van der Waals surface area contributed by atoms with Gasteiger partial charge >= 0.3 is 0 Å². The van der Waals surface area contributed by atoms with Crippen molar-refractivity contribution in [2.24, 2.45) is 5.41 Å². The molecule has 2 nitrogen and oxygen atoms in total. The van der Waals surface area contributed by atoms with Crippen LogP contribution in [0.25, 0.3) is 0 Å². The molecule has 14 heavy (non-hydrogen) atoms. The molecule has 0 aromatic rings. The highest BCUT2D eigenvalue weighted by atomic mass is 32.2. The van der Waals surface area contributed by atoms with Crippen LogP contribution in [0.3, 0.4) is 0 Å². The van der Waals surface area contributed by atoms with Crippen molar-refractivity contribution in [3.05, 3.63) is 0 Å². The number of hydrogen-bond acceptors (Lipinski definition) is 3. The van der Waals surface area contributed by atoms with Gasteiger partial charge in [-0.05, 0) is 24.0 Å². The Balaban J connectivity index is 2.37. The SMILES string of the molecule is CC[C@H](CO)NC1CSCC(C)(C)C1. The summed E-state index contributed by atoms with van der Waals surface area (Å²) in [4.78, 5) is 0. The van der Waals surface area contributed by atoms with Gasteiger partial charge in [0.05, 0.1) is 6.61 Å². The molecule has 0 bridgehead atoms. The molecule has 0 aliphatic carbocycles. The normalized spacial score (nSPS) is 28.7. The van der Waals surface area contributed by atoms with Crippen LogP contribution in [0.1, 0.15) is 33.6 Å². The topological polar surface area (TPSA) is 32.3 Å². The summed E-state index contributed by atoms with van der Waals surface area (Å²) in [7, 11) is 0. The molecule has 1 heterocycles. The Bertz CT molecular complexity index is 169. The third-order valence-corrected chi connectivity index (χ3v) is 4.42. The van der Waals surface area contributed by atoms with Gasteiger partial charge in [-0.3, -0.25) is 0 Å². The molecule has 1 aliphatic heterocycles. The molecular formula is C11H23NOS. The van der Waals surface area contributed by atoms with Crippen LogP contribution in [-0.4, -0.2) is 35.3 Å². The zero-order chi connectivity index (χ0) is 10.6. The van der Waals surface area contributed by atoms with E-state index in [0.29, 0.717) is 11.5 Å². The Labute approximate surface area is 91.9 Å². The van der Waals surface area contributed by atoms with E-state index in [9.17, 15) is 0 Å². The molecular weight excluding hydrogens is 194 g/mol. The summed E-state index contributed by atoms with van der Waals surface area (Å²) in [5.74, 6) is 2.46. The molecule has 1 aliphatic rings. The molecule has 84 valence electrons. The van der Waals surface area contributed by atoms with Gasteiger partial charge in [-0.25, -0.2) is 0 Å². The fraction of sp³-hybridized carbons (Fsp3) is 1.00. The molecule has 1 unspecified atom stereocenters. The van der Waals surface area contributed by atoms with Crippen molar-refractivity contribution in [1.29, 1.82) is 0 Å². The highest BCUT2D eigenvalue weighted by molar-refractivity contribution is 7.99. The zero-order valence-corrected chi connectivity index (χ0v) is 10.4. The van der Waals surface area contributed by atoms with Crippen LogP contribution in [-0.2, 0) is 0 Å². The predicted molar refractivity (Wildman–Crippen MR) is 63.8 cm³/mol. The maximum Gasteiger partial charge on any atom is 0.0584 e. The summed E-state index contributed by atoms with van der Waals surface area (Å²) in [6.07, 6.45) is 2.24. The smallest absolute Gasteiger partial charge is 0.0584 e. The summed E-state index contributed by atoms with van der Waals surface area (Å²) in [5.41, 5.74) is 0.453. The first-order valence-corrected chi connectivity index (χ1v) is 6.67. The van der Waals surface area contributed by atoms with Crippen LogP contribution < -0.4 is 5.32 Å². The molecule has 0 saturated carbocycles. The van der Waals surface area contributed by atoms with Gasteiger partial charge in [0.15, 0.2) is 0 Å². The van der Waals surface area contributed by atoms with Gasteiger partial charge in [0.2, 0.25) is 0 Å². The standard InChI is InChI=1S/C11H23NOS/c1-4-9(6-13)12-10-5-11(2,3)8-14-7-10/h9-10,12-13H,4-8H2,1-3H3/t9-,10?/m1/s1. The van der Waals surface area contributed by atoms with Crippen molar-refractivity contribution in [3.63, 3.8) is 0 Å². The number of thioether (sulfide) groups is 1. The van der Waals surface area contributed by atoms with E-state index < -0.39 is 0 Å². The molecule has 0 aromatic carbocycles. The van der Waals surface area contributed by atoms with E-state index in [1.165, 1.54) is 17.9 Å². The van der Waals surface area contributed by atoms with Crippen molar-refractivity contribution in [2.45, 2.75) is 45.7 Å². The quantitative estimate of drug-likeness (QED) is 0.754. The predicted octanol–water partition coefficient (Wildman–Crippen LogP) is 1.88. The lowest BCUT2D eigenvalue weighted by Gasteiger charge is -2.36. The van der Waals surface area contributed by atoms with Crippen LogP contribution in [0.4, 0.5) is 0 Å². The Morgan fingerprint density at radius 2 is 2.29 bits per heavy atom. The number of aliphatic hydroxyl groups excluding tert-OH is 1. The van der Waals surface area contributed by atoms with Gasteiger partial charge in [-0.2, -0.15) is 11.8 Å². The average Bonchev–Trinajstić information content (AvgIpc) is 2.12. The molecule has 0 aromatic heterocycles. The highest BCUT2D eigenvalue weighted by Crippen LogP contribution is 2.33. The monoisotopic (exact) mass is 217 g/mol. The van der Waals surface area contributed by atoms with Crippen LogP contribution in [0.2, 0.25) is 0 Å². The first kappa shape index (κ1) is 12.3. The van der Waals surface area contributed by atoms with E-state index in [0.717, 1.165) is 6.42 Å². The third kappa shape index (κ3) is 3.79. The minimum atomic E-state index is 0.262.